The first-order valence-electron chi connectivity index (χ1n) is 6.13. The van der Waals surface area contributed by atoms with Crippen LogP contribution in [0.2, 0.25) is 0 Å². The maximum Gasteiger partial charge on any atom is 0.240 e. The molecule has 0 radical (unpaired) electrons. The molecule has 102 valence electrons. The minimum absolute atomic E-state index is 0.104. The highest BCUT2D eigenvalue weighted by molar-refractivity contribution is 5.87. The molecular weight excluding hydrogens is 232 g/mol. The van der Waals surface area contributed by atoms with E-state index in [0.29, 0.717) is 0 Å². The van der Waals surface area contributed by atoms with E-state index in [4.69, 9.17) is 0 Å². The van der Waals surface area contributed by atoms with Gasteiger partial charge >= 0.3 is 0 Å². The first kappa shape index (κ1) is 16.3. The number of carbonyl (C=O) groups is 2. The lowest BCUT2D eigenvalue weighted by Crippen LogP contribution is -2.23. The van der Waals surface area contributed by atoms with Gasteiger partial charge in [-0.3, -0.25) is 9.59 Å². The molecule has 0 aromatic heterocycles. The summed E-state index contributed by atoms with van der Waals surface area (Å²) in [5, 5.41) is 7.73. The first-order chi connectivity index (χ1) is 8.49. The fraction of sp³-hybridized carbons (Fsp3) is 0.667. The van der Waals surface area contributed by atoms with E-state index in [2.05, 4.69) is 21.1 Å². The third-order valence-corrected chi connectivity index (χ3v) is 2.35. The molecule has 0 aliphatic heterocycles. The fourth-order valence-electron chi connectivity index (χ4n) is 0.813. The molecule has 0 aromatic carbocycles. The van der Waals surface area contributed by atoms with Crippen molar-refractivity contribution < 1.29 is 9.59 Å². The molecule has 2 amide bonds. The standard InChI is InChI=1S/C12H22N4O2/c1-5-9(3)13-15-11(17)7-8-12(18)16-14-10(4)6-2/h5-8H2,1-4H3,(H,15,17)(H,16,18). The Balaban J connectivity index is 3.89. The lowest BCUT2D eigenvalue weighted by Gasteiger charge is -2.02. The Morgan fingerprint density at radius 3 is 1.44 bits per heavy atom. The van der Waals surface area contributed by atoms with Crippen molar-refractivity contribution in [1.29, 1.82) is 0 Å². The van der Waals surface area contributed by atoms with Crippen LogP contribution in [0.15, 0.2) is 10.2 Å². The summed E-state index contributed by atoms with van der Waals surface area (Å²) in [6.45, 7) is 7.56. The largest absolute Gasteiger partial charge is 0.273 e. The maximum absolute atomic E-state index is 11.3. The van der Waals surface area contributed by atoms with E-state index in [1.165, 1.54) is 0 Å². The van der Waals surface area contributed by atoms with Crippen LogP contribution in [0, 0.1) is 0 Å². The van der Waals surface area contributed by atoms with Crippen LogP contribution in [-0.4, -0.2) is 23.2 Å². The highest BCUT2D eigenvalue weighted by atomic mass is 16.2. The molecule has 0 unspecified atom stereocenters. The summed E-state index contributed by atoms with van der Waals surface area (Å²) in [5.74, 6) is -0.539. The smallest absolute Gasteiger partial charge is 0.240 e. The van der Waals surface area contributed by atoms with Crippen molar-refractivity contribution in [1.82, 2.24) is 10.9 Å². The molecule has 0 saturated carbocycles. The molecule has 0 aromatic rings. The highest BCUT2D eigenvalue weighted by Gasteiger charge is 2.05. The van der Waals surface area contributed by atoms with Gasteiger partial charge in [-0.1, -0.05) is 13.8 Å². The van der Waals surface area contributed by atoms with Crippen molar-refractivity contribution >= 4 is 23.2 Å². The number of hydrogen-bond acceptors (Lipinski definition) is 4. The Labute approximate surface area is 108 Å². The van der Waals surface area contributed by atoms with E-state index >= 15 is 0 Å². The second kappa shape index (κ2) is 9.32. The van der Waals surface area contributed by atoms with Crippen LogP contribution in [0.5, 0.6) is 0 Å². The summed E-state index contributed by atoms with van der Waals surface area (Å²) in [6, 6.07) is 0. The van der Waals surface area contributed by atoms with Gasteiger partial charge in [-0.2, -0.15) is 10.2 Å². The van der Waals surface area contributed by atoms with Crippen molar-refractivity contribution in [2.75, 3.05) is 0 Å². The van der Waals surface area contributed by atoms with E-state index < -0.39 is 0 Å². The second-order valence-electron chi connectivity index (χ2n) is 3.97. The Hall–Kier alpha value is -1.72. The average molecular weight is 254 g/mol. The Morgan fingerprint density at radius 2 is 1.17 bits per heavy atom. The fourth-order valence-corrected chi connectivity index (χ4v) is 0.813. The van der Waals surface area contributed by atoms with Crippen molar-refractivity contribution in [2.24, 2.45) is 10.2 Å². The summed E-state index contributed by atoms with van der Waals surface area (Å²) in [5.41, 5.74) is 6.48. The number of nitrogens with one attached hydrogen (secondary N) is 2. The molecule has 6 heteroatoms. The van der Waals surface area contributed by atoms with Crippen LogP contribution in [-0.2, 0) is 9.59 Å². The lowest BCUT2D eigenvalue weighted by atomic mass is 10.3. The van der Waals surface area contributed by atoms with Crippen LogP contribution in [0.1, 0.15) is 53.4 Å². The number of amides is 2. The van der Waals surface area contributed by atoms with Crippen molar-refractivity contribution in [2.45, 2.75) is 53.4 Å². The van der Waals surface area contributed by atoms with Crippen molar-refractivity contribution in [3.05, 3.63) is 0 Å². The van der Waals surface area contributed by atoms with Crippen molar-refractivity contribution in [3.8, 4) is 0 Å². The molecule has 0 aliphatic carbocycles. The van der Waals surface area contributed by atoms with Gasteiger partial charge in [0.2, 0.25) is 11.8 Å². The predicted molar refractivity (Wildman–Crippen MR) is 72.3 cm³/mol. The topological polar surface area (TPSA) is 82.9 Å². The molecule has 0 heterocycles. The summed E-state index contributed by atoms with van der Waals surface area (Å²) >= 11 is 0. The van der Waals surface area contributed by atoms with E-state index in [1.54, 1.807) is 0 Å². The number of carbonyl (C=O) groups excluding carboxylic acids is 2. The molecule has 18 heavy (non-hydrogen) atoms. The van der Waals surface area contributed by atoms with Gasteiger partial charge in [-0.05, 0) is 26.7 Å². The number of hydrogen-bond donors (Lipinski definition) is 2. The SMILES string of the molecule is CCC(C)=NNC(=O)CCC(=O)NN=C(C)CC. The first-order valence-corrected chi connectivity index (χ1v) is 6.13. The third-order valence-electron chi connectivity index (χ3n) is 2.35. The van der Waals surface area contributed by atoms with E-state index in [0.717, 1.165) is 24.3 Å². The molecule has 0 rings (SSSR count). The van der Waals surface area contributed by atoms with Crippen LogP contribution >= 0.6 is 0 Å². The van der Waals surface area contributed by atoms with Gasteiger partial charge < -0.3 is 0 Å². The Kier molecular flexibility index (Phi) is 8.43. The van der Waals surface area contributed by atoms with Gasteiger partial charge in [-0.15, -0.1) is 0 Å². The average Bonchev–Trinajstić information content (AvgIpc) is 2.39. The Bertz CT molecular complexity index is 314. The van der Waals surface area contributed by atoms with Crippen LogP contribution in [0.3, 0.4) is 0 Å². The van der Waals surface area contributed by atoms with Crippen LogP contribution in [0.25, 0.3) is 0 Å². The number of hydrazone groups is 2. The van der Waals surface area contributed by atoms with E-state index in [1.807, 2.05) is 27.7 Å². The summed E-state index contributed by atoms with van der Waals surface area (Å²) in [6.07, 6.45) is 1.78. The maximum atomic E-state index is 11.3. The van der Waals surface area contributed by atoms with Gasteiger partial charge in [-0.25, -0.2) is 10.9 Å². The van der Waals surface area contributed by atoms with Crippen LogP contribution in [0.4, 0.5) is 0 Å². The lowest BCUT2D eigenvalue weighted by molar-refractivity contribution is -0.126. The molecule has 0 spiro atoms. The minimum atomic E-state index is -0.269. The second-order valence-corrected chi connectivity index (χ2v) is 3.97. The molecular formula is C12H22N4O2. The summed E-state index contributed by atoms with van der Waals surface area (Å²) in [7, 11) is 0. The van der Waals surface area contributed by atoms with Gasteiger partial charge in [0.25, 0.3) is 0 Å². The zero-order valence-electron chi connectivity index (χ0n) is 11.5. The zero-order chi connectivity index (χ0) is 14.0. The molecule has 0 bridgehead atoms. The molecule has 0 fully saturated rings. The Morgan fingerprint density at radius 1 is 0.833 bits per heavy atom. The predicted octanol–water partition coefficient (Wildman–Crippen LogP) is 1.57. The van der Waals surface area contributed by atoms with E-state index in [9.17, 15) is 9.59 Å². The van der Waals surface area contributed by atoms with Gasteiger partial charge in [0, 0.05) is 24.3 Å². The normalized spacial score (nSPS) is 12.2. The van der Waals surface area contributed by atoms with Crippen LogP contribution < -0.4 is 10.9 Å². The minimum Gasteiger partial charge on any atom is -0.273 e. The highest BCUT2D eigenvalue weighted by Crippen LogP contribution is 1.91. The third kappa shape index (κ3) is 8.43. The quantitative estimate of drug-likeness (QED) is 0.534. The zero-order valence-corrected chi connectivity index (χ0v) is 11.5. The molecule has 2 N–H and O–H groups in total. The molecule has 0 atom stereocenters. The van der Waals surface area contributed by atoms with Gasteiger partial charge in [0.15, 0.2) is 0 Å². The van der Waals surface area contributed by atoms with Crippen molar-refractivity contribution in [3.63, 3.8) is 0 Å². The number of nitrogens with zero attached hydrogens (tertiary/aromatic N) is 2. The summed E-state index contributed by atoms with van der Waals surface area (Å²) < 4.78 is 0. The monoisotopic (exact) mass is 254 g/mol. The molecule has 0 aliphatic rings. The van der Waals surface area contributed by atoms with Gasteiger partial charge in [0.1, 0.15) is 0 Å². The molecule has 0 saturated heterocycles. The van der Waals surface area contributed by atoms with E-state index in [-0.39, 0.29) is 24.7 Å². The number of rotatable bonds is 7. The van der Waals surface area contributed by atoms with Gasteiger partial charge in [0.05, 0.1) is 0 Å². The summed E-state index contributed by atoms with van der Waals surface area (Å²) in [4.78, 5) is 22.7. The molecule has 6 nitrogen and oxygen atoms in total.